The second-order valence-electron chi connectivity index (χ2n) is 7.30. The molecule has 0 saturated heterocycles. The minimum Gasteiger partial charge on any atom is -0.307 e. The zero-order valence-corrected chi connectivity index (χ0v) is 12.8. The van der Waals surface area contributed by atoms with Gasteiger partial charge in [-0.05, 0) is 43.4 Å². The molecule has 2 aliphatic carbocycles. The zero-order chi connectivity index (χ0) is 15.1. The zero-order valence-electron chi connectivity index (χ0n) is 12.8. The average molecular weight is 273 g/mol. The van der Waals surface area contributed by atoms with Gasteiger partial charge in [0.2, 0.25) is 5.70 Å². The molecule has 0 aliphatic heterocycles. The molecule has 3 heteroatoms. The van der Waals surface area contributed by atoms with E-state index in [0.717, 1.165) is 19.3 Å². The molecule has 3 atom stereocenters. The third-order valence-electron chi connectivity index (χ3n) is 5.24. The predicted octanol–water partition coefficient (Wildman–Crippen LogP) is 3.80. The Balaban J connectivity index is 2.37. The molecule has 1 saturated carbocycles. The van der Waals surface area contributed by atoms with Gasteiger partial charge in [0, 0.05) is 11.8 Å². The van der Waals surface area contributed by atoms with Crippen LogP contribution in [-0.2, 0) is 9.59 Å². The molecule has 2 rings (SSSR count). The van der Waals surface area contributed by atoms with Gasteiger partial charge in [-0.25, -0.2) is 4.85 Å². The van der Waals surface area contributed by atoms with Gasteiger partial charge in [-0.3, -0.25) is 0 Å². The van der Waals surface area contributed by atoms with Gasteiger partial charge in [0.25, 0.3) is 0 Å². The molecule has 0 bridgehead atoms. The van der Waals surface area contributed by atoms with Gasteiger partial charge in [0.15, 0.2) is 5.78 Å². The summed E-state index contributed by atoms with van der Waals surface area (Å²) in [5, 5.41) is 0. The third-order valence-corrected chi connectivity index (χ3v) is 5.24. The van der Waals surface area contributed by atoms with Gasteiger partial charge < -0.3 is 9.59 Å². The summed E-state index contributed by atoms with van der Waals surface area (Å²) in [7, 11) is 0. The molecule has 0 radical (unpaired) electrons. The van der Waals surface area contributed by atoms with Crippen LogP contribution in [0.3, 0.4) is 0 Å². The number of hydrogen-bond donors (Lipinski definition) is 0. The maximum absolute atomic E-state index is 12.4. The van der Waals surface area contributed by atoms with E-state index < -0.39 is 5.41 Å². The maximum Gasteiger partial charge on any atom is 0.226 e. The average Bonchev–Trinajstić information content (AvgIpc) is 2.32. The van der Waals surface area contributed by atoms with Crippen molar-refractivity contribution < 1.29 is 9.59 Å². The van der Waals surface area contributed by atoms with Crippen LogP contribution in [0.1, 0.15) is 53.4 Å². The fourth-order valence-electron chi connectivity index (χ4n) is 4.47. The smallest absolute Gasteiger partial charge is 0.226 e. The van der Waals surface area contributed by atoms with E-state index in [4.69, 9.17) is 6.57 Å². The van der Waals surface area contributed by atoms with Gasteiger partial charge in [0.1, 0.15) is 5.78 Å². The molecule has 0 spiro atoms. The molecule has 0 unspecified atom stereocenters. The molecule has 3 nitrogen and oxygen atoms in total. The lowest BCUT2D eigenvalue weighted by molar-refractivity contribution is -0.132. The van der Waals surface area contributed by atoms with Crippen LogP contribution < -0.4 is 0 Å². The van der Waals surface area contributed by atoms with Crippen molar-refractivity contribution in [1.82, 2.24) is 0 Å². The maximum atomic E-state index is 12.4. The fraction of sp³-hybridized carbons (Fsp3) is 0.706. The van der Waals surface area contributed by atoms with Crippen molar-refractivity contribution in [3.05, 3.63) is 23.2 Å². The Morgan fingerprint density at radius 2 is 2.05 bits per heavy atom. The molecular formula is C17H23NO2. The highest BCUT2D eigenvalue weighted by molar-refractivity contribution is 6.02. The van der Waals surface area contributed by atoms with Gasteiger partial charge >= 0.3 is 0 Å². The van der Waals surface area contributed by atoms with Crippen molar-refractivity contribution in [2.75, 3.05) is 0 Å². The fourth-order valence-corrected chi connectivity index (χ4v) is 4.47. The minimum atomic E-state index is -0.468. The second kappa shape index (κ2) is 4.84. The van der Waals surface area contributed by atoms with E-state index >= 15 is 0 Å². The number of carbonyl (C=O) groups excluding carboxylic acids is 2. The van der Waals surface area contributed by atoms with E-state index in [9.17, 15) is 9.59 Å². The topological polar surface area (TPSA) is 38.5 Å². The highest BCUT2D eigenvalue weighted by Crippen LogP contribution is 2.56. The van der Waals surface area contributed by atoms with Crippen molar-refractivity contribution in [2.45, 2.75) is 53.4 Å². The van der Waals surface area contributed by atoms with Crippen LogP contribution in [0.5, 0.6) is 0 Å². The molecule has 0 aromatic carbocycles. The van der Waals surface area contributed by atoms with Gasteiger partial charge in [-0.2, -0.15) is 0 Å². The van der Waals surface area contributed by atoms with Crippen LogP contribution in [0.2, 0.25) is 0 Å². The van der Waals surface area contributed by atoms with Crippen LogP contribution in [-0.4, -0.2) is 11.6 Å². The van der Waals surface area contributed by atoms with Crippen LogP contribution in [0.15, 0.2) is 11.8 Å². The monoisotopic (exact) mass is 273 g/mol. The summed E-state index contributed by atoms with van der Waals surface area (Å²) in [6.45, 7) is 15.0. The van der Waals surface area contributed by atoms with Crippen molar-refractivity contribution in [2.24, 2.45) is 22.7 Å². The third kappa shape index (κ3) is 2.32. The number of fused-ring (bicyclic) bond motifs is 1. The normalized spacial score (nSPS) is 35.8. The number of ketones is 2. The summed E-state index contributed by atoms with van der Waals surface area (Å²) in [6.07, 6.45) is 5.40. The Morgan fingerprint density at radius 1 is 1.40 bits per heavy atom. The molecule has 0 N–H and O–H groups in total. The van der Waals surface area contributed by atoms with Crippen molar-refractivity contribution >= 4 is 11.6 Å². The summed E-state index contributed by atoms with van der Waals surface area (Å²) >= 11 is 0. The molecule has 2 aliphatic rings. The molecule has 0 aromatic rings. The summed E-state index contributed by atoms with van der Waals surface area (Å²) in [6, 6.07) is 0. The Hall–Kier alpha value is -1.43. The first-order valence-electron chi connectivity index (χ1n) is 7.35. The molecule has 20 heavy (non-hydrogen) atoms. The highest BCUT2D eigenvalue weighted by atomic mass is 16.1. The molecule has 108 valence electrons. The van der Waals surface area contributed by atoms with E-state index in [2.05, 4.69) is 11.8 Å². The Labute approximate surface area is 121 Å². The number of hydrogen-bond acceptors (Lipinski definition) is 2. The van der Waals surface area contributed by atoms with Crippen LogP contribution >= 0.6 is 0 Å². The predicted molar refractivity (Wildman–Crippen MR) is 77.7 cm³/mol. The van der Waals surface area contributed by atoms with E-state index in [0.29, 0.717) is 12.3 Å². The Bertz CT molecular complexity index is 524. The molecule has 0 heterocycles. The van der Waals surface area contributed by atoms with Crippen molar-refractivity contribution in [3.63, 3.8) is 0 Å². The van der Waals surface area contributed by atoms with E-state index in [1.807, 2.05) is 19.9 Å². The van der Waals surface area contributed by atoms with Crippen molar-refractivity contribution in [1.29, 1.82) is 0 Å². The van der Waals surface area contributed by atoms with Gasteiger partial charge in [-0.1, -0.05) is 26.8 Å². The highest BCUT2D eigenvalue weighted by Gasteiger charge is 2.53. The number of allylic oxidation sites excluding steroid dienone is 2. The van der Waals surface area contributed by atoms with Crippen LogP contribution in [0, 0.1) is 29.2 Å². The SMILES string of the molecule is [C-]#[N+]C1=C[C@@]2(C)C[C@H](CC(C)=O)CC[C@@H]2C(C)(C)C1=O. The standard InChI is InChI=1S/C17H23NO2/c1-11(19)8-12-6-7-14-16(2,3)15(20)13(18-5)10-17(14,4)9-12/h10,12,14H,6-9H2,1-4H3/t12-,14+,17+/m0/s1. The molecule has 0 aromatic heterocycles. The first kappa shape index (κ1) is 15.0. The number of nitrogens with zero attached hydrogens (tertiary/aromatic N) is 1. The first-order valence-corrected chi connectivity index (χ1v) is 7.35. The summed E-state index contributed by atoms with van der Waals surface area (Å²) < 4.78 is 0. The lowest BCUT2D eigenvalue weighted by atomic mass is 9.51. The number of carbonyl (C=O) groups is 2. The molecule has 1 fully saturated rings. The first-order chi connectivity index (χ1) is 9.20. The Morgan fingerprint density at radius 3 is 2.60 bits per heavy atom. The van der Waals surface area contributed by atoms with Crippen molar-refractivity contribution in [3.8, 4) is 0 Å². The largest absolute Gasteiger partial charge is 0.307 e. The van der Waals surface area contributed by atoms with Crippen LogP contribution in [0.25, 0.3) is 4.85 Å². The Kier molecular flexibility index (Phi) is 3.62. The van der Waals surface area contributed by atoms with E-state index in [1.54, 1.807) is 6.92 Å². The number of rotatable bonds is 2. The van der Waals surface area contributed by atoms with E-state index in [-0.39, 0.29) is 28.6 Å². The number of Topliss-reactive ketones (excluding diaryl/α,β-unsaturated/α-hetero) is 2. The van der Waals surface area contributed by atoms with Gasteiger partial charge in [0.05, 0.1) is 6.57 Å². The summed E-state index contributed by atoms with van der Waals surface area (Å²) in [5.74, 6) is 0.884. The van der Waals surface area contributed by atoms with E-state index in [1.165, 1.54) is 0 Å². The lowest BCUT2D eigenvalue weighted by Gasteiger charge is -2.52. The summed E-state index contributed by atoms with van der Waals surface area (Å²) in [5.41, 5.74) is -0.308. The lowest BCUT2D eigenvalue weighted by Crippen LogP contribution is -2.49. The van der Waals surface area contributed by atoms with Gasteiger partial charge in [-0.15, -0.1) is 0 Å². The van der Waals surface area contributed by atoms with Crippen LogP contribution in [0.4, 0.5) is 0 Å². The summed E-state index contributed by atoms with van der Waals surface area (Å²) in [4.78, 5) is 27.2. The second-order valence-corrected chi connectivity index (χ2v) is 7.30. The quantitative estimate of drug-likeness (QED) is 0.718. The molecular weight excluding hydrogens is 250 g/mol. The minimum absolute atomic E-state index is 0.0139. The molecule has 0 amide bonds.